The van der Waals surface area contributed by atoms with Crippen LogP contribution < -0.4 is 10.1 Å². The number of pyridine rings is 1. The maximum absolute atomic E-state index is 6.03. The van der Waals surface area contributed by atoms with E-state index in [1.54, 1.807) is 0 Å². The van der Waals surface area contributed by atoms with E-state index in [2.05, 4.69) is 42.2 Å². The van der Waals surface area contributed by atoms with Gasteiger partial charge in [-0.15, -0.1) is 0 Å². The molecule has 4 heteroatoms. The fourth-order valence-electron chi connectivity index (χ4n) is 3.05. The molecular formula is C17H29N3O. The van der Waals surface area contributed by atoms with Gasteiger partial charge in [0.1, 0.15) is 0 Å². The van der Waals surface area contributed by atoms with Crippen molar-refractivity contribution in [1.29, 1.82) is 0 Å². The van der Waals surface area contributed by atoms with Crippen molar-refractivity contribution in [3.8, 4) is 5.88 Å². The standard InChI is InChI=1S/C17H29N3O/c1-5-18-12-16-13(2)11-14(3)19-17(16)21-10-8-15-7-6-9-20(15)4/h11,15,18H,5-10,12H2,1-4H3. The number of likely N-dealkylation sites (tertiary alicyclic amines) is 1. The van der Waals surface area contributed by atoms with E-state index >= 15 is 0 Å². The molecule has 0 radical (unpaired) electrons. The number of hydrogen-bond acceptors (Lipinski definition) is 4. The van der Waals surface area contributed by atoms with Crippen LogP contribution in [0.2, 0.25) is 0 Å². The molecule has 118 valence electrons. The van der Waals surface area contributed by atoms with Crippen LogP contribution in [0.5, 0.6) is 5.88 Å². The Morgan fingerprint density at radius 3 is 2.90 bits per heavy atom. The first-order chi connectivity index (χ1) is 10.1. The molecular weight excluding hydrogens is 262 g/mol. The van der Waals surface area contributed by atoms with Crippen molar-refractivity contribution in [2.75, 3.05) is 26.7 Å². The van der Waals surface area contributed by atoms with E-state index in [1.165, 1.54) is 30.5 Å². The summed E-state index contributed by atoms with van der Waals surface area (Å²) < 4.78 is 6.03. The van der Waals surface area contributed by atoms with Gasteiger partial charge in [0.2, 0.25) is 5.88 Å². The Bertz CT molecular complexity index is 462. The first-order valence-electron chi connectivity index (χ1n) is 8.12. The van der Waals surface area contributed by atoms with Crippen LogP contribution in [0.15, 0.2) is 6.07 Å². The molecule has 0 saturated carbocycles. The molecule has 2 rings (SSSR count). The molecule has 0 aliphatic carbocycles. The van der Waals surface area contributed by atoms with Crippen molar-refractivity contribution in [2.24, 2.45) is 0 Å². The molecule has 1 N–H and O–H groups in total. The van der Waals surface area contributed by atoms with Gasteiger partial charge >= 0.3 is 0 Å². The van der Waals surface area contributed by atoms with Gasteiger partial charge in [-0.2, -0.15) is 0 Å². The SMILES string of the molecule is CCNCc1c(C)cc(C)nc1OCCC1CCCN1C. The normalized spacial score (nSPS) is 19.1. The highest BCUT2D eigenvalue weighted by Gasteiger charge is 2.20. The molecule has 0 aromatic carbocycles. The number of ether oxygens (including phenoxy) is 1. The smallest absolute Gasteiger partial charge is 0.218 e. The molecule has 0 amide bonds. The summed E-state index contributed by atoms with van der Waals surface area (Å²) >= 11 is 0. The lowest BCUT2D eigenvalue weighted by Crippen LogP contribution is -2.26. The summed E-state index contributed by atoms with van der Waals surface area (Å²) in [6, 6.07) is 2.80. The molecule has 1 aromatic heterocycles. The van der Waals surface area contributed by atoms with Crippen LogP contribution in [-0.4, -0.2) is 42.7 Å². The zero-order valence-electron chi connectivity index (χ0n) is 13.9. The lowest BCUT2D eigenvalue weighted by atomic mass is 10.1. The monoisotopic (exact) mass is 291 g/mol. The minimum absolute atomic E-state index is 0.674. The van der Waals surface area contributed by atoms with Gasteiger partial charge in [-0.05, 0) is 64.9 Å². The zero-order valence-corrected chi connectivity index (χ0v) is 13.9. The summed E-state index contributed by atoms with van der Waals surface area (Å²) in [5.74, 6) is 0.814. The Morgan fingerprint density at radius 1 is 1.43 bits per heavy atom. The minimum Gasteiger partial charge on any atom is -0.477 e. The number of hydrogen-bond donors (Lipinski definition) is 1. The first-order valence-corrected chi connectivity index (χ1v) is 8.12. The van der Waals surface area contributed by atoms with Gasteiger partial charge in [-0.3, -0.25) is 0 Å². The van der Waals surface area contributed by atoms with Crippen LogP contribution >= 0.6 is 0 Å². The summed E-state index contributed by atoms with van der Waals surface area (Å²) in [5, 5.41) is 3.38. The van der Waals surface area contributed by atoms with Crippen LogP contribution in [0, 0.1) is 13.8 Å². The highest BCUT2D eigenvalue weighted by Crippen LogP contribution is 2.22. The van der Waals surface area contributed by atoms with Crippen LogP contribution in [-0.2, 0) is 6.54 Å². The summed E-state index contributed by atoms with van der Waals surface area (Å²) in [4.78, 5) is 7.04. The van der Waals surface area contributed by atoms with Gasteiger partial charge in [0.25, 0.3) is 0 Å². The van der Waals surface area contributed by atoms with Crippen LogP contribution in [0.1, 0.15) is 43.0 Å². The van der Waals surface area contributed by atoms with Crippen LogP contribution in [0.3, 0.4) is 0 Å². The average molecular weight is 291 g/mol. The molecule has 1 fully saturated rings. The van der Waals surface area contributed by atoms with Crippen LogP contribution in [0.25, 0.3) is 0 Å². The van der Waals surface area contributed by atoms with Gasteiger partial charge in [-0.1, -0.05) is 6.92 Å². The average Bonchev–Trinajstić information content (AvgIpc) is 2.83. The van der Waals surface area contributed by atoms with E-state index in [1.807, 2.05) is 6.92 Å². The number of nitrogens with zero attached hydrogens (tertiary/aromatic N) is 2. The fraction of sp³-hybridized carbons (Fsp3) is 0.706. The molecule has 21 heavy (non-hydrogen) atoms. The Labute approximate surface area is 128 Å². The molecule has 1 aliphatic heterocycles. The number of aryl methyl sites for hydroxylation is 2. The van der Waals surface area contributed by atoms with Crippen molar-refractivity contribution < 1.29 is 4.74 Å². The topological polar surface area (TPSA) is 37.4 Å². The van der Waals surface area contributed by atoms with Crippen molar-refractivity contribution in [1.82, 2.24) is 15.2 Å². The van der Waals surface area contributed by atoms with Crippen molar-refractivity contribution in [2.45, 2.75) is 52.6 Å². The van der Waals surface area contributed by atoms with Gasteiger partial charge in [-0.25, -0.2) is 4.98 Å². The largest absolute Gasteiger partial charge is 0.477 e. The number of rotatable bonds is 7. The third-order valence-corrected chi connectivity index (χ3v) is 4.35. The minimum atomic E-state index is 0.674. The Kier molecular flexibility index (Phi) is 6.00. The van der Waals surface area contributed by atoms with Crippen LogP contribution in [0.4, 0.5) is 0 Å². The van der Waals surface area contributed by atoms with Gasteiger partial charge < -0.3 is 15.0 Å². The summed E-state index contributed by atoms with van der Waals surface area (Å²) in [6.07, 6.45) is 3.70. The fourth-order valence-corrected chi connectivity index (χ4v) is 3.05. The zero-order chi connectivity index (χ0) is 15.2. The molecule has 1 unspecified atom stereocenters. The third-order valence-electron chi connectivity index (χ3n) is 4.35. The molecule has 2 heterocycles. The Balaban J connectivity index is 1.97. The molecule has 0 spiro atoms. The van der Waals surface area contributed by atoms with E-state index in [9.17, 15) is 0 Å². The van der Waals surface area contributed by atoms with Gasteiger partial charge in [0, 0.05) is 23.8 Å². The van der Waals surface area contributed by atoms with E-state index < -0.39 is 0 Å². The molecule has 1 atom stereocenters. The van der Waals surface area contributed by atoms with Crippen molar-refractivity contribution >= 4 is 0 Å². The second-order valence-electron chi connectivity index (χ2n) is 6.06. The highest BCUT2D eigenvalue weighted by atomic mass is 16.5. The second-order valence-corrected chi connectivity index (χ2v) is 6.06. The van der Waals surface area contributed by atoms with Gasteiger partial charge in [0.05, 0.1) is 6.61 Å². The Morgan fingerprint density at radius 2 is 2.24 bits per heavy atom. The van der Waals surface area contributed by atoms with E-state index in [0.29, 0.717) is 6.04 Å². The van der Waals surface area contributed by atoms with Crippen molar-refractivity contribution in [3.05, 3.63) is 22.9 Å². The lowest BCUT2D eigenvalue weighted by molar-refractivity contribution is 0.226. The van der Waals surface area contributed by atoms with E-state index in [-0.39, 0.29) is 0 Å². The highest BCUT2D eigenvalue weighted by molar-refractivity contribution is 5.35. The first kappa shape index (κ1) is 16.2. The maximum Gasteiger partial charge on any atom is 0.218 e. The molecule has 4 nitrogen and oxygen atoms in total. The third kappa shape index (κ3) is 4.42. The summed E-state index contributed by atoms with van der Waals surface area (Å²) in [5.41, 5.74) is 3.49. The quantitative estimate of drug-likeness (QED) is 0.838. The Hall–Kier alpha value is -1.13. The van der Waals surface area contributed by atoms with E-state index in [4.69, 9.17) is 4.74 Å². The predicted octanol–water partition coefficient (Wildman–Crippen LogP) is 2.67. The second kappa shape index (κ2) is 7.76. The summed E-state index contributed by atoms with van der Waals surface area (Å²) in [7, 11) is 2.21. The molecule has 1 aromatic rings. The number of nitrogens with one attached hydrogen (secondary N) is 1. The van der Waals surface area contributed by atoms with Gasteiger partial charge in [0.15, 0.2) is 0 Å². The molecule has 1 saturated heterocycles. The maximum atomic E-state index is 6.03. The van der Waals surface area contributed by atoms with Crippen molar-refractivity contribution in [3.63, 3.8) is 0 Å². The van der Waals surface area contributed by atoms with E-state index in [0.717, 1.165) is 37.7 Å². The summed E-state index contributed by atoms with van der Waals surface area (Å²) in [6.45, 7) is 10.0. The molecule has 0 bridgehead atoms. The lowest BCUT2D eigenvalue weighted by Gasteiger charge is -2.20. The number of aromatic nitrogens is 1. The predicted molar refractivity (Wildman–Crippen MR) is 86.9 cm³/mol. The molecule has 1 aliphatic rings.